The highest BCUT2D eigenvalue weighted by molar-refractivity contribution is 6.24. The summed E-state index contributed by atoms with van der Waals surface area (Å²) in [5.74, 6) is 2.22. The molecule has 0 saturated carbocycles. The molecule has 2 atom stereocenters. The molecule has 2 aliphatic carbocycles. The van der Waals surface area contributed by atoms with Gasteiger partial charge in [0.1, 0.15) is 22.9 Å². The maximum absolute atomic E-state index is 5.42. The van der Waals surface area contributed by atoms with Crippen LogP contribution in [0.15, 0.2) is 194 Å². The van der Waals surface area contributed by atoms with E-state index in [0.717, 1.165) is 83.3 Å². The maximum Gasteiger partial charge on any atom is 0.149 e. The van der Waals surface area contributed by atoms with Gasteiger partial charge < -0.3 is 0 Å². The topological polar surface area (TPSA) is 60.4 Å². The van der Waals surface area contributed by atoms with E-state index < -0.39 is 0 Å². The third-order valence-electron chi connectivity index (χ3n) is 13.1. The Balaban J connectivity index is 0.842. The van der Waals surface area contributed by atoms with E-state index >= 15 is 0 Å². The number of allylic oxidation sites excluding steroid dienone is 8. The number of rotatable bonds is 3. The van der Waals surface area contributed by atoms with Crippen molar-refractivity contribution >= 4 is 98.6 Å². The first-order valence-corrected chi connectivity index (χ1v) is 21.2. The summed E-state index contributed by atoms with van der Waals surface area (Å²) >= 11 is 0. The van der Waals surface area contributed by atoms with E-state index in [-0.39, 0.29) is 11.8 Å². The molecule has 0 bridgehead atoms. The fraction of sp³-hybridized carbons (Fsp3) is 0.0357. The van der Waals surface area contributed by atoms with Gasteiger partial charge in [-0.25, -0.2) is 19.9 Å². The molecule has 4 aromatic heterocycles. The normalized spacial score (nSPS) is 16.5. The van der Waals surface area contributed by atoms with Gasteiger partial charge in [-0.3, -0.25) is 8.80 Å². The van der Waals surface area contributed by atoms with Crippen molar-refractivity contribution in [2.75, 3.05) is 0 Å². The van der Waals surface area contributed by atoms with Crippen molar-refractivity contribution in [2.24, 2.45) is 11.8 Å². The lowest BCUT2D eigenvalue weighted by Gasteiger charge is -2.26. The van der Waals surface area contributed by atoms with Crippen LogP contribution < -0.4 is 0 Å². The molecule has 0 radical (unpaired) electrons. The minimum atomic E-state index is 0.197. The van der Waals surface area contributed by atoms with Crippen molar-refractivity contribution in [1.29, 1.82) is 0 Å². The zero-order chi connectivity index (χ0) is 40.5. The van der Waals surface area contributed by atoms with Gasteiger partial charge in [0.05, 0.1) is 33.1 Å². The van der Waals surface area contributed by atoms with Crippen LogP contribution >= 0.6 is 0 Å². The van der Waals surface area contributed by atoms with Crippen LogP contribution in [-0.2, 0) is 0 Å². The van der Waals surface area contributed by atoms with Crippen molar-refractivity contribution in [1.82, 2.24) is 28.7 Å². The van der Waals surface area contributed by atoms with Crippen molar-refractivity contribution in [2.45, 2.75) is 0 Å². The largest absolute Gasteiger partial charge is 0.276 e. The summed E-state index contributed by atoms with van der Waals surface area (Å²) in [4.78, 5) is 21.1. The van der Waals surface area contributed by atoms with E-state index in [0.29, 0.717) is 0 Å². The Morgan fingerprint density at radius 3 is 1.66 bits per heavy atom. The molecule has 0 saturated heterocycles. The highest BCUT2D eigenvalue weighted by Gasteiger charge is 2.26. The van der Waals surface area contributed by atoms with Crippen molar-refractivity contribution in [3.8, 4) is 11.4 Å². The van der Waals surface area contributed by atoms with Gasteiger partial charge in [-0.15, -0.1) is 0 Å². The van der Waals surface area contributed by atoms with Crippen LogP contribution in [0.2, 0.25) is 0 Å². The van der Waals surface area contributed by atoms with Crippen LogP contribution in [0.5, 0.6) is 0 Å². The predicted molar refractivity (Wildman–Crippen MR) is 255 cm³/mol. The maximum atomic E-state index is 5.42. The molecule has 62 heavy (non-hydrogen) atoms. The van der Waals surface area contributed by atoms with E-state index in [4.69, 9.17) is 19.9 Å². The zero-order valence-corrected chi connectivity index (χ0v) is 33.3. The van der Waals surface area contributed by atoms with Gasteiger partial charge in [0.2, 0.25) is 0 Å². The Bertz CT molecular complexity index is 4070. The van der Waals surface area contributed by atoms with Gasteiger partial charge in [0.25, 0.3) is 0 Å². The molecule has 2 unspecified atom stereocenters. The lowest BCUT2D eigenvalue weighted by atomic mass is 9.79. The van der Waals surface area contributed by atoms with Gasteiger partial charge in [0, 0.05) is 44.5 Å². The van der Waals surface area contributed by atoms with Gasteiger partial charge in [0.15, 0.2) is 0 Å². The summed E-state index contributed by atoms with van der Waals surface area (Å²) in [7, 11) is 0. The first-order valence-electron chi connectivity index (χ1n) is 21.2. The molecule has 6 heteroatoms. The molecule has 12 aromatic rings. The smallest absolute Gasteiger partial charge is 0.149 e. The molecule has 6 nitrogen and oxygen atoms in total. The SMILES string of the molecule is C1=CC2C=C(c3nc4ccccc4c4nc5c6ccccc6c6ccccc6c5n34)C=CC2C=C1c1ccc2cc(-c3nc4ccccc4c4nc5ccccc5n34)ccc2c1. The van der Waals surface area contributed by atoms with E-state index in [1.165, 1.54) is 38.1 Å². The molecule has 0 aliphatic heterocycles. The number of nitrogens with zero attached hydrogens (tertiary/aromatic N) is 6. The molecular weight excluding hydrogens is 757 g/mol. The summed E-state index contributed by atoms with van der Waals surface area (Å²) in [6, 6.07) is 55.8. The van der Waals surface area contributed by atoms with Gasteiger partial charge in [-0.05, 0) is 81.2 Å². The summed E-state index contributed by atoms with van der Waals surface area (Å²) < 4.78 is 4.52. The van der Waals surface area contributed by atoms with E-state index in [1.54, 1.807) is 0 Å². The molecule has 0 amide bonds. The monoisotopic (exact) mass is 790 g/mol. The number of imidazole rings is 2. The number of hydrogen-bond acceptors (Lipinski definition) is 4. The fourth-order valence-electron chi connectivity index (χ4n) is 10.2. The third kappa shape index (κ3) is 4.80. The van der Waals surface area contributed by atoms with E-state index in [9.17, 15) is 0 Å². The molecule has 0 N–H and O–H groups in total. The van der Waals surface area contributed by atoms with Gasteiger partial charge in [-0.1, -0.05) is 146 Å². The molecule has 14 rings (SSSR count). The third-order valence-corrected chi connectivity index (χ3v) is 13.1. The highest BCUT2D eigenvalue weighted by atomic mass is 15.1. The number of fused-ring (bicyclic) bond motifs is 17. The van der Waals surface area contributed by atoms with Crippen LogP contribution in [0.3, 0.4) is 0 Å². The highest BCUT2D eigenvalue weighted by Crippen LogP contribution is 2.41. The molecule has 0 fully saturated rings. The first kappa shape index (κ1) is 33.6. The Morgan fingerprint density at radius 1 is 0.387 bits per heavy atom. The van der Waals surface area contributed by atoms with Crippen LogP contribution in [0.25, 0.3) is 110 Å². The molecular formula is C56H34N6. The number of aromatic nitrogens is 6. The van der Waals surface area contributed by atoms with E-state index in [1.807, 2.05) is 12.1 Å². The van der Waals surface area contributed by atoms with Crippen molar-refractivity contribution in [3.63, 3.8) is 0 Å². The number of benzene rings is 8. The summed E-state index contributed by atoms with van der Waals surface area (Å²) in [6.07, 6.45) is 14.1. The van der Waals surface area contributed by atoms with Crippen LogP contribution in [0.4, 0.5) is 0 Å². The summed E-state index contributed by atoms with van der Waals surface area (Å²) in [6.45, 7) is 0. The molecule has 0 spiro atoms. The average Bonchev–Trinajstić information content (AvgIpc) is 3.94. The Labute approximate surface area is 354 Å². The summed E-state index contributed by atoms with van der Waals surface area (Å²) in [5, 5.41) is 9.22. The predicted octanol–water partition coefficient (Wildman–Crippen LogP) is 13.4. The second kappa shape index (κ2) is 12.6. The first-order chi connectivity index (χ1) is 30.7. The second-order valence-corrected chi connectivity index (χ2v) is 16.6. The number of para-hydroxylation sites is 4. The zero-order valence-electron chi connectivity index (χ0n) is 33.3. The minimum absolute atomic E-state index is 0.197. The average molecular weight is 791 g/mol. The standard InChI is InChI=1S/C56H34N6/c1-3-13-43-41(11-1)42-12-2-4-14-44(42)52-51(43)60-56-46-16-6-8-18-48(46)58-54(62(52)56)40-28-26-36-30-34(22-24-38(36)32-40)33-21-23-37-31-39(27-25-35(37)29-33)53-57-47-17-7-5-15-45(47)55-59-49-19-9-10-20-50(49)61(53)55/h1-32,36,38H. The quantitative estimate of drug-likeness (QED) is 0.167. The van der Waals surface area contributed by atoms with Crippen molar-refractivity contribution < 1.29 is 0 Å². The second-order valence-electron chi connectivity index (χ2n) is 16.6. The molecule has 288 valence electrons. The fourth-order valence-corrected chi connectivity index (χ4v) is 10.2. The Kier molecular flexibility index (Phi) is 6.85. The lowest BCUT2D eigenvalue weighted by molar-refractivity contribution is 0.664. The van der Waals surface area contributed by atoms with Crippen LogP contribution in [-0.4, -0.2) is 28.7 Å². The lowest BCUT2D eigenvalue weighted by Crippen LogP contribution is -2.14. The number of hydrogen-bond donors (Lipinski definition) is 0. The summed E-state index contributed by atoms with van der Waals surface area (Å²) in [5.41, 5.74) is 12.4. The Hall–Kier alpha value is -8.22. The molecule has 4 heterocycles. The van der Waals surface area contributed by atoms with Gasteiger partial charge >= 0.3 is 0 Å². The van der Waals surface area contributed by atoms with Crippen molar-refractivity contribution in [3.05, 3.63) is 206 Å². The molecule has 8 aromatic carbocycles. The van der Waals surface area contributed by atoms with Crippen LogP contribution in [0.1, 0.15) is 11.4 Å². The Morgan fingerprint density at radius 2 is 0.919 bits per heavy atom. The molecule has 2 aliphatic rings. The van der Waals surface area contributed by atoms with Crippen LogP contribution in [0, 0.1) is 11.8 Å². The van der Waals surface area contributed by atoms with E-state index in [2.05, 4.69) is 191 Å². The van der Waals surface area contributed by atoms with Gasteiger partial charge in [-0.2, -0.15) is 0 Å². The minimum Gasteiger partial charge on any atom is -0.276 e.